The quantitative estimate of drug-likeness (QED) is 0.0373. The van der Waals surface area contributed by atoms with Crippen LogP contribution >= 0.6 is 0 Å². The zero-order chi connectivity index (χ0) is 54.8. The van der Waals surface area contributed by atoms with Crippen molar-refractivity contribution < 1.29 is 24.2 Å². The van der Waals surface area contributed by atoms with Crippen LogP contribution in [0.4, 0.5) is 0 Å². The van der Waals surface area contributed by atoms with E-state index in [9.17, 15) is 14.7 Å². The largest absolute Gasteiger partial charge is 0.462 e. The molecule has 0 amide bonds. The van der Waals surface area contributed by atoms with Crippen molar-refractivity contribution >= 4 is 11.9 Å². The third-order valence-electron chi connectivity index (χ3n) is 15.3. The van der Waals surface area contributed by atoms with Gasteiger partial charge in [-0.15, -0.1) is 0 Å². The predicted molar refractivity (Wildman–Crippen MR) is 334 cm³/mol. The lowest BCUT2D eigenvalue weighted by Gasteiger charge is -2.15. The van der Waals surface area contributed by atoms with E-state index in [-0.39, 0.29) is 25.2 Å². The van der Waals surface area contributed by atoms with Crippen LogP contribution in [0.15, 0.2) is 60.8 Å². The van der Waals surface area contributed by atoms with Gasteiger partial charge in [-0.25, -0.2) is 0 Å². The molecule has 0 rings (SSSR count). The van der Waals surface area contributed by atoms with Crippen LogP contribution in [0.5, 0.6) is 0 Å². The molecular weight excluding hydrogens is 933 g/mol. The maximum absolute atomic E-state index is 12.3. The third-order valence-corrected chi connectivity index (χ3v) is 15.3. The first-order valence-corrected chi connectivity index (χ1v) is 33.8. The molecule has 0 aromatic carbocycles. The van der Waals surface area contributed by atoms with Crippen molar-refractivity contribution in [3.05, 3.63) is 60.8 Å². The Morgan fingerprint density at radius 2 is 0.566 bits per heavy atom. The first-order chi connectivity index (χ1) is 37.6. The first-order valence-electron chi connectivity index (χ1n) is 33.8. The van der Waals surface area contributed by atoms with E-state index in [0.717, 1.165) is 64.2 Å². The molecule has 76 heavy (non-hydrogen) atoms. The van der Waals surface area contributed by atoms with Gasteiger partial charge in [0.05, 0.1) is 6.61 Å². The minimum atomic E-state index is -0.769. The van der Waals surface area contributed by atoms with E-state index in [0.29, 0.717) is 12.8 Å². The molecule has 0 spiro atoms. The molecule has 1 unspecified atom stereocenters. The normalized spacial score (nSPS) is 12.5. The third kappa shape index (κ3) is 64.1. The van der Waals surface area contributed by atoms with Crippen molar-refractivity contribution in [1.82, 2.24) is 0 Å². The van der Waals surface area contributed by atoms with Gasteiger partial charge in [0, 0.05) is 12.8 Å². The maximum Gasteiger partial charge on any atom is 0.306 e. The van der Waals surface area contributed by atoms with Gasteiger partial charge >= 0.3 is 11.9 Å². The SMILES string of the molecule is CC/C=C\C/C=C\C/C=C\C/C=C\C/C=C\CCCCCCCCCCCCCCCCCCCCCCCCCCCC(=O)OC(CO)COC(=O)CCCCCCCCCCCCCCCCCCCCCCC. The van der Waals surface area contributed by atoms with Crippen molar-refractivity contribution in [2.24, 2.45) is 0 Å². The number of carbonyl (C=O) groups excluding carboxylic acids is 2. The number of hydrogen-bond acceptors (Lipinski definition) is 5. The molecule has 0 fully saturated rings. The fraction of sp³-hybridized carbons (Fsp3) is 0.831. The monoisotopic (exact) mass is 1060 g/mol. The number of carbonyl (C=O) groups is 2. The van der Waals surface area contributed by atoms with Crippen molar-refractivity contribution in [2.45, 2.75) is 367 Å². The average Bonchev–Trinajstić information content (AvgIpc) is 3.42. The smallest absolute Gasteiger partial charge is 0.306 e. The second-order valence-electron chi connectivity index (χ2n) is 22.9. The van der Waals surface area contributed by atoms with E-state index in [1.807, 2.05) is 0 Å². The molecule has 1 N–H and O–H groups in total. The number of hydrogen-bond donors (Lipinski definition) is 1. The Morgan fingerprint density at radius 3 is 0.855 bits per heavy atom. The van der Waals surface area contributed by atoms with Crippen LogP contribution in [0.2, 0.25) is 0 Å². The molecule has 0 aromatic rings. The standard InChI is InChI=1S/C71H130O5/c1-3-5-7-9-11-13-15-17-19-21-23-25-26-27-28-29-30-31-32-33-34-35-36-37-38-39-40-41-42-43-44-46-48-50-52-54-56-58-60-62-64-66-71(74)76-69(67-72)68-75-70(73)65-63-61-59-57-55-53-51-49-47-45-24-22-20-18-16-14-12-10-8-6-4-2/h5,7,11,13,17,19,23,25,27-28,69,72H,3-4,6,8-10,12,14-16,18,20-22,24,26,29-68H2,1-2H3/b7-5-,13-11-,19-17-,25-23-,28-27-. The average molecular weight is 1060 g/mol. The Kier molecular flexibility index (Phi) is 64.8. The molecule has 0 aromatic heterocycles. The lowest BCUT2D eigenvalue weighted by Crippen LogP contribution is -2.28. The minimum absolute atomic E-state index is 0.0590. The molecular formula is C71H130O5. The van der Waals surface area contributed by atoms with Gasteiger partial charge in [0.1, 0.15) is 6.61 Å². The number of ether oxygens (including phenoxy) is 2. The summed E-state index contributed by atoms with van der Waals surface area (Å²) in [5.41, 5.74) is 0. The number of rotatable bonds is 63. The highest BCUT2D eigenvalue weighted by Crippen LogP contribution is 2.19. The van der Waals surface area contributed by atoms with Crippen molar-refractivity contribution in [1.29, 1.82) is 0 Å². The molecule has 0 heterocycles. The van der Waals surface area contributed by atoms with Crippen molar-refractivity contribution in [3.63, 3.8) is 0 Å². The molecule has 0 aliphatic heterocycles. The lowest BCUT2D eigenvalue weighted by atomic mass is 10.0. The van der Waals surface area contributed by atoms with E-state index in [1.165, 1.54) is 270 Å². The van der Waals surface area contributed by atoms with Crippen LogP contribution in [0.25, 0.3) is 0 Å². The van der Waals surface area contributed by atoms with Crippen molar-refractivity contribution in [3.8, 4) is 0 Å². The summed E-state index contributed by atoms with van der Waals surface area (Å²) in [6.45, 7) is 4.08. The lowest BCUT2D eigenvalue weighted by molar-refractivity contribution is -0.161. The van der Waals surface area contributed by atoms with Gasteiger partial charge in [-0.3, -0.25) is 9.59 Å². The molecule has 1 atom stereocenters. The summed E-state index contributed by atoms with van der Waals surface area (Å²) in [5.74, 6) is -0.567. The van der Waals surface area contributed by atoms with E-state index in [2.05, 4.69) is 74.6 Å². The summed E-state index contributed by atoms with van der Waals surface area (Å²) in [7, 11) is 0. The molecule has 0 saturated carbocycles. The van der Waals surface area contributed by atoms with Crippen LogP contribution in [-0.2, 0) is 19.1 Å². The second kappa shape index (κ2) is 66.9. The highest BCUT2D eigenvalue weighted by atomic mass is 16.6. The fourth-order valence-corrected chi connectivity index (χ4v) is 10.3. The van der Waals surface area contributed by atoms with Crippen LogP contribution in [0.3, 0.4) is 0 Å². The van der Waals surface area contributed by atoms with Crippen LogP contribution in [0.1, 0.15) is 361 Å². The number of allylic oxidation sites excluding steroid dienone is 10. The zero-order valence-corrected chi connectivity index (χ0v) is 51.0. The second-order valence-corrected chi connectivity index (χ2v) is 22.9. The number of unbranched alkanes of at least 4 members (excludes halogenated alkanes) is 45. The van der Waals surface area contributed by atoms with Gasteiger partial charge < -0.3 is 14.6 Å². The van der Waals surface area contributed by atoms with Gasteiger partial charge in [0.2, 0.25) is 0 Å². The minimum Gasteiger partial charge on any atom is -0.462 e. The number of aliphatic hydroxyl groups is 1. The zero-order valence-electron chi connectivity index (χ0n) is 51.0. The Balaban J connectivity index is 3.38. The summed E-state index contributed by atoms with van der Waals surface area (Å²) in [6, 6.07) is 0. The van der Waals surface area contributed by atoms with Gasteiger partial charge in [0.25, 0.3) is 0 Å². The highest BCUT2D eigenvalue weighted by Gasteiger charge is 2.16. The number of aliphatic hydroxyl groups excluding tert-OH is 1. The summed E-state index contributed by atoms with van der Waals surface area (Å²) in [4.78, 5) is 24.6. The Hall–Kier alpha value is -2.40. The molecule has 0 bridgehead atoms. The molecule has 5 heteroatoms. The Labute approximate surface area is 474 Å². The summed E-state index contributed by atoms with van der Waals surface area (Å²) in [5, 5.41) is 9.68. The molecule has 444 valence electrons. The first kappa shape index (κ1) is 73.6. The Bertz CT molecular complexity index is 1300. The Morgan fingerprint density at radius 1 is 0.316 bits per heavy atom. The fourth-order valence-electron chi connectivity index (χ4n) is 10.3. The van der Waals surface area contributed by atoms with E-state index in [4.69, 9.17) is 9.47 Å². The van der Waals surface area contributed by atoms with Crippen LogP contribution in [0, 0.1) is 0 Å². The van der Waals surface area contributed by atoms with Gasteiger partial charge in [0.15, 0.2) is 6.10 Å². The van der Waals surface area contributed by atoms with E-state index >= 15 is 0 Å². The predicted octanol–water partition coefficient (Wildman–Crippen LogP) is 23.3. The summed E-state index contributed by atoms with van der Waals surface area (Å²) >= 11 is 0. The topological polar surface area (TPSA) is 72.8 Å². The van der Waals surface area contributed by atoms with Gasteiger partial charge in [-0.1, -0.05) is 351 Å². The van der Waals surface area contributed by atoms with Gasteiger partial charge in [-0.2, -0.15) is 0 Å². The maximum atomic E-state index is 12.3. The van der Waals surface area contributed by atoms with Gasteiger partial charge in [-0.05, 0) is 57.8 Å². The van der Waals surface area contributed by atoms with E-state index < -0.39 is 6.10 Å². The molecule has 0 radical (unpaired) electrons. The van der Waals surface area contributed by atoms with Crippen LogP contribution in [-0.4, -0.2) is 36.4 Å². The van der Waals surface area contributed by atoms with E-state index in [1.54, 1.807) is 0 Å². The van der Waals surface area contributed by atoms with Crippen LogP contribution < -0.4 is 0 Å². The molecule has 0 aliphatic carbocycles. The van der Waals surface area contributed by atoms with Crippen molar-refractivity contribution in [2.75, 3.05) is 13.2 Å². The molecule has 5 nitrogen and oxygen atoms in total. The highest BCUT2D eigenvalue weighted by molar-refractivity contribution is 5.70. The summed E-state index contributed by atoms with van der Waals surface area (Å²) in [6.07, 6.45) is 91.1. The molecule has 0 aliphatic rings. The summed E-state index contributed by atoms with van der Waals surface area (Å²) < 4.78 is 10.7. The number of esters is 2. The molecule has 0 saturated heterocycles.